The lowest BCUT2D eigenvalue weighted by atomic mass is 10.3. The van der Waals surface area contributed by atoms with Gasteiger partial charge in [0, 0.05) is 18.6 Å². The highest BCUT2D eigenvalue weighted by Crippen LogP contribution is 2.12. The maximum absolute atomic E-state index is 12.0. The molecule has 1 N–H and O–H groups in total. The second kappa shape index (κ2) is 5.40. The van der Waals surface area contributed by atoms with Crippen molar-refractivity contribution >= 4 is 11.6 Å². The maximum Gasteiger partial charge on any atom is 0.291 e. The van der Waals surface area contributed by atoms with Crippen LogP contribution in [0, 0.1) is 0 Å². The molecule has 3 rings (SSSR count). The van der Waals surface area contributed by atoms with Gasteiger partial charge in [0.05, 0.1) is 18.4 Å². The zero-order chi connectivity index (χ0) is 13.8. The van der Waals surface area contributed by atoms with Crippen molar-refractivity contribution in [1.82, 2.24) is 14.8 Å². The molecule has 0 radical (unpaired) electrons. The molecule has 0 spiro atoms. The van der Waals surface area contributed by atoms with E-state index in [4.69, 9.17) is 4.42 Å². The summed E-state index contributed by atoms with van der Waals surface area (Å²) in [7, 11) is 0. The summed E-state index contributed by atoms with van der Waals surface area (Å²) in [6.07, 6.45) is 6.74. The molecule has 0 aromatic carbocycles. The first-order valence-corrected chi connectivity index (χ1v) is 6.09. The van der Waals surface area contributed by atoms with Crippen LogP contribution in [-0.4, -0.2) is 20.7 Å². The van der Waals surface area contributed by atoms with Crippen LogP contribution in [0.4, 0.5) is 5.69 Å². The number of hydrogen-bond acceptors (Lipinski definition) is 4. The number of hydrogen-bond donors (Lipinski definition) is 1. The molecule has 0 saturated carbocycles. The van der Waals surface area contributed by atoms with E-state index in [1.165, 1.54) is 0 Å². The summed E-state index contributed by atoms with van der Waals surface area (Å²) in [5.41, 5.74) is 0.627. The van der Waals surface area contributed by atoms with Crippen LogP contribution < -0.4 is 5.32 Å². The van der Waals surface area contributed by atoms with Crippen molar-refractivity contribution in [2.45, 2.75) is 6.54 Å². The first kappa shape index (κ1) is 12.2. The normalized spacial score (nSPS) is 10.4. The van der Waals surface area contributed by atoms with E-state index in [0.29, 0.717) is 18.0 Å². The largest absolute Gasteiger partial charge is 0.454 e. The van der Waals surface area contributed by atoms with Gasteiger partial charge in [-0.2, -0.15) is 5.10 Å². The lowest BCUT2D eigenvalue weighted by Crippen LogP contribution is -2.10. The molecule has 0 aliphatic rings. The number of nitrogens with zero attached hydrogens (tertiary/aromatic N) is 3. The van der Waals surface area contributed by atoms with E-state index in [2.05, 4.69) is 15.4 Å². The Balaban J connectivity index is 1.68. The third-order valence-corrected chi connectivity index (χ3v) is 2.68. The lowest BCUT2D eigenvalue weighted by molar-refractivity contribution is 0.0994. The van der Waals surface area contributed by atoms with Gasteiger partial charge in [0.15, 0.2) is 5.76 Å². The van der Waals surface area contributed by atoms with E-state index < -0.39 is 0 Å². The van der Waals surface area contributed by atoms with Gasteiger partial charge in [-0.15, -0.1) is 0 Å². The molecule has 0 unspecified atom stereocenters. The van der Waals surface area contributed by atoms with Gasteiger partial charge >= 0.3 is 0 Å². The van der Waals surface area contributed by atoms with Crippen molar-refractivity contribution in [2.24, 2.45) is 0 Å². The number of amides is 1. The van der Waals surface area contributed by atoms with Crippen LogP contribution in [0.2, 0.25) is 0 Å². The van der Waals surface area contributed by atoms with Gasteiger partial charge in [-0.05, 0) is 30.3 Å². The molecular formula is C14H12N4O2. The fourth-order valence-corrected chi connectivity index (χ4v) is 1.77. The maximum atomic E-state index is 12.0. The molecule has 100 valence electrons. The SMILES string of the molecule is O=C(Nc1cccnc1)c1ccc(Cn2cccn2)o1. The monoisotopic (exact) mass is 268 g/mol. The first-order chi connectivity index (χ1) is 9.81. The summed E-state index contributed by atoms with van der Waals surface area (Å²) in [5.74, 6) is 0.630. The molecule has 3 aromatic heterocycles. The van der Waals surface area contributed by atoms with Crippen LogP contribution in [0.3, 0.4) is 0 Å². The van der Waals surface area contributed by atoms with E-state index in [-0.39, 0.29) is 11.7 Å². The Morgan fingerprint density at radius 2 is 2.20 bits per heavy atom. The molecule has 3 heterocycles. The zero-order valence-corrected chi connectivity index (χ0v) is 10.6. The number of anilines is 1. The second-order valence-electron chi connectivity index (χ2n) is 4.17. The number of nitrogens with one attached hydrogen (secondary N) is 1. The van der Waals surface area contributed by atoms with Crippen LogP contribution in [0.25, 0.3) is 0 Å². The van der Waals surface area contributed by atoms with Gasteiger partial charge in [0.25, 0.3) is 5.91 Å². The average Bonchev–Trinajstić information content (AvgIpc) is 3.12. The number of carbonyl (C=O) groups excluding carboxylic acids is 1. The number of aromatic nitrogens is 3. The topological polar surface area (TPSA) is 73.0 Å². The molecular weight excluding hydrogens is 256 g/mol. The van der Waals surface area contributed by atoms with E-state index in [0.717, 1.165) is 0 Å². The molecule has 0 aliphatic carbocycles. The van der Waals surface area contributed by atoms with Crippen molar-refractivity contribution in [3.8, 4) is 0 Å². The first-order valence-electron chi connectivity index (χ1n) is 6.09. The molecule has 0 atom stereocenters. The summed E-state index contributed by atoms with van der Waals surface area (Å²) < 4.78 is 7.22. The van der Waals surface area contributed by atoms with E-state index in [1.807, 2.05) is 12.3 Å². The predicted octanol–water partition coefficient (Wildman–Crippen LogP) is 2.17. The highest BCUT2D eigenvalue weighted by Gasteiger charge is 2.11. The van der Waals surface area contributed by atoms with Crippen molar-refractivity contribution < 1.29 is 9.21 Å². The van der Waals surface area contributed by atoms with Gasteiger partial charge in [-0.1, -0.05) is 0 Å². The predicted molar refractivity (Wildman–Crippen MR) is 72.2 cm³/mol. The number of rotatable bonds is 4. The van der Waals surface area contributed by atoms with Crippen LogP contribution in [0.15, 0.2) is 59.5 Å². The van der Waals surface area contributed by atoms with Crippen molar-refractivity contribution in [2.75, 3.05) is 5.32 Å². The molecule has 0 aliphatic heterocycles. The Morgan fingerprint density at radius 3 is 2.95 bits per heavy atom. The van der Waals surface area contributed by atoms with Gasteiger partial charge in [-0.25, -0.2) is 0 Å². The fraction of sp³-hybridized carbons (Fsp3) is 0.0714. The number of carbonyl (C=O) groups is 1. The van der Waals surface area contributed by atoms with E-state index in [9.17, 15) is 4.79 Å². The summed E-state index contributed by atoms with van der Waals surface area (Å²) in [4.78, 5) is 15.9. The molecule has 6 nitrogen and oxygen atoms in total. The van der Waals surface area contributed by atoms with Gasteiger partial charge in [0.1, 0.15) is 5.76 Å². The third-order valence-electron chi connectivity index (χ3n) is 2.68. The second-order valence-corrected chi connectivity index (χ2v) is 4.17. The lowest BCUT2D eigenvalue weighted by Gasteiger charge is -2.01. The van der Waals surface area contributed by atoms with Crippen molar-refractivity contribution in [1.29, 1.82) is 0 Å². The molecule has 6 heteroatoms. The Kier molecular flexibility index (Phi) is 3.28. The molecule has 0 fully saturated rings. The molecule has 0 saturated heterocycles. The number of furan rings is 1. The molecule has 3 aromatic rings. The van der Waals surface area contributed by atoms with E-state index in [1.54, 1.807) is 47.5 Å². The Bertz CT molecular complexity index is 689. The average molecular weight is 268 g/mol. The highest BCUT2D eigenvalue weighted by atomic mass is 16.4. The van der Waals surface area contributed by atoms with Crippen molar-refractivity contribution in [3.63, 3.8) is 0 Å². The summed E-state index contributed by atoms with van der Waals surface area (Å²) in [5, 5.41) is 6.79. The minimum absolute atomic E-state index is 0.260. The Hall–Kier alpha value is -2.89. The van der Waals surface area contributed by atoms with Gasteiger partial charge in [-0.3, -0.25) is 14.5 Å². The molecule has 0 bridgehead atoms. The van der Waals surface area contributed by atoms with Crippen molar-refractivity contribution in [3.05, 3.63) is 66.6 Å². The summed E-state index contributed by atoms with van der Waals surface area (Å²) >= 11 is 0. The zero-order valence-electron chi connectivity index (χ0n) is 10.6. The Morgan fingerprint density at radius 1 is 1.25 bits per heavy atom. The molecule has 20 heavy (non-hydrogen) atoms. The smallest absolute Gasteiger partial charge is 0.291 e. The fourth-order valence-electron chi connectivity index (χ4n) is 1.77. The van der Waals surface area contributed by atoms with E-state index >= 15 is 0 Å². The summed E-state index contributed by atoms with van der Waals surface area (Å²) in [6.45, 7) is 0.493. The minimum Gasteiger partial charge on any atom is -0.454 e. The third kappa shape index (κ3) is 2.74. The van der Waals surface area contributed by atoms with Gasteiger partial charge < -0.3 is 9.73 Å². The quantitative estimate of drug-likeness (QED) is 0.787. The standard InChI is InChI=1S/C14H12N4O2/c19-14(17-11-3-1-6-15-9-11)13-5-4-12(20-13)10-18-8-2-7-16-18/h1-9H,10H2,(H,17,19). The van der Waals surface area contributed by atoms with Crippen LogP contribution >= 0.6 is 0 Å². The molecule has 1 amide bonds. The minimum atomic E-state index is -0.301. The number of pyridine rings is 1. The van der Waals surface area contributed by atoms with Gasteiger partial charge in [0.2, 0.25) is 0 Å². The van der Waals surface area contributed by atoms with Crippen LogP contribution in [-0.2, 0) is 6.54 Å². The summed E-state index contributed by atoms with van der Waals surface area (Å²) in [6, 6.07) is 8.75. The van der Waals surface area contributed by atoms with Crippen LogP contribution in [0.1, 0.15) is 16.3 Å². The Labute approximate surface area is 115 Å². The highest BCUT2D eigenvalue weighted by molar-refractivity contribution is 6.02. The van der Waals surface area contributed by atoms with Crippen LogP contribution in [0.5, 0.6) is 0 Å².